The zero-order valence-electron chi connectivity index (χ0n) is 25.1. The van der Waals surface area contributed by atoms with Crippen LogP contribution in [0.3, 0.4) is 0 Å². The average Bonchev–Trinajstić information content (AvgIpc) is 3.62. The Labute approximate surface area is 256 Å². The quantitative estimate of drug-likeness (QED) is 0.389. The van der Waals surface area contributed by atoms with E-state index in [0.717, 1.165) is 74.3 Å². The lowest BCUT2D eigenvalue weighted by molar-refractivity contribution is -0.139. The van der Waals surface area contributed by atoms with Crippen molar-refractivity contribution in [1.82, 2.24) is 24.3 Å². The molecule has 6 rings (SSSR count). The normalized spacial score (nSPS) is 25.8. The van der Waals surface area contributed by atoms with Gasteiger partial charge >= 0.3 is 0 Å². The third-order valence-corrected chi connectivity index (χ3v) is 11.2. The lowest BCUT2D eigenvalue weighted by atomic mass is 9.81. The minimum atomic E-state index is -2.93. The summed E-state index contributed by atoms with van der Waals surface area (Å²) in [5.74, 6) is 9.69. The molecule has 2 aliphatic heterocycles. The first-order chi connectivity index (χ1) is 20.8. The predicted molar refractivity (Wildman–Crippen MR) is 169 cm³/mol. The second-order valence-electron chi connectivity index (χ2n) is 12.3. The number of sulfone groups is 1. The summed E-state index contributed by atoms with van der Waals surface area (Å²) < 4.78 is 31.7. The number of benzene rings is 1. The third-order valence-electron chi connectivity index (χ3n) is 9.33. The molecule has 1 unspecified atom stereocenters. The van der Waals surface area contributed by atoms with Gasteiger partial charge in [0.15, 0.2) is 9.84 Å². The Bertz CT molecular complexity index is 1640. The molecule has 10 heteroatoms. The highest BCUT2D eigenvalue weighted by molar-refractivity contribution is 7.91. The fourth-order valence-electron chi connectivity index (χ4n) is 6.79. The molecule has 2 saturated heterocycles. The third kappa shape index (κ3) is 6.73. The van der Waals surface area contributed by atoms with Gasteiger partial charge in [-0.25, -0.2) is 18.4 Å². The smallest absolute Gasteiger partial charge is 0.225 e. The van der Waals surface area contributed by atoms with E-state index in [-0.39, 0.29) is 30.7 Å². The lowest BCUT2D eigenvalue weighted by Gasteiger charge is -2.41. The monoisotopic (exact) mass is 605 g/mol. The molecule has 2 atom stereocenters. The molecule has 0 bridgehead atoms. The van der Waals surface area contributed by atoms with Crippen molar-refractivity contribution >= 4 is 26.6 Å². The van der Waals surface area contributed by atoms with Crippen molar-refractivity contribution in [2.24, 2.45) is 17.8 Å². The average molecular weight is 606 g/mol. The van der Waals surface area contributed by atoms with E-state index in [0.29, 0.717) is 30.8 Å². The molecular weight excluding hydrogens is 562 g/mol. The van der Waals surface area contributed by atoms with Crippen LogP contribution in [0, 0.1) is 29.6 Å². The van der Waals surface area contributed by atoms with Crippen molar-refractivity contribution in [2.45, 2.75) is 52.0 Å². The molecule has 230 valence electrons. The Balaban J connectivity index is 0.00000384. The number of hydrogen-bond acceptors (Lipinski definition) is 7. The highest BCUT2D eigenvalue weighted by Crippen LogP contribution is 2.31. The van der Waals surface area contributed by atoms with Crippen LogP contribution >= 0.6 is 0 Å². The van der Waals surface area contributed by atoms with Crippen LogP contribution in [0.15, 0.2) is 42.7 Å². The van der Waals surface area contributed by atoms with Crippen molar-refractivity contribution in [3.63, 3.8) is 0 Å². The summed E-state index contributed by atoms with van der Waals surface area (Å²) >= 11 is 0. The van der Waals surface area contributed by atoms with E-state index >= 15 is 0 Å². The molecule has 9 nitrogen and oxygen atoms in total. The van der Waals surface area contributed by atoms with Crippen molar-refractivity contribution < 1.29 is 19.4 Å². The van der Waals surface area contributed by atoms with Crippen molar-refractivity contribution in [3.05, 3.63) is 48.5 Å². The number of carbonyl (C=O) groups excluding carboxylic acids is 1. The minimum Gasteiger partial charge on any atom is -0.493 e. The number of hydrogen-bond donors (Lipinski definition) is 0. The van der Waals surface area contributed by atoms with Crippen LogP contribution in [-0.4, -0.2) is 89.0 Å². The van der Waals surface area contributed by atoms with Gasteiger partial charge in [-0.05, 0) is 75.8 Å². The highest BCUT2D eigenvalue weighted by Gasteiger charge is 2.32. The zero-order chi connectivity index (χ0) is 30.0. The Morgan fingerprint density at radius 1 is 1.12 bits per heavy atom. The molecule has 0 radical (unpaired) electrons. The van der Waals surface area contributed by atoms with E-state index in [9.17, 15) is 13.2 Å². The van der Waals surface area contributed by atoms with Gasteiger partial charge in [0.1, 0.15) is 11.6 Å². The first kappa shape index (κ1) is 29.6. The fraction of sp³-hybridized carbons (Fsp3) is 0.545. The van der Waals surface area contributed by atoms with Crippen LogP contribution in [0.5, 0.6) is 5.75 Å². The van der Waals surface area contributed by atoms with Gasteiger partial charge in [-0.3, -0.25) is 9.69 Å². The summed E-state index contributed by atoms with van der Waals surface area (Å²) in [6.07, 6.45) is 7.96. The topological polar surface area (TPSA) is 97.6 Å². The zero-order valence-corrected chi connectivity index (χ0v) is 25.9. The van der Waals surface area contributed by atoms with Gasteiger partial charge in [0.05, 0.1) is 23.6 Å². The largest absolute Gasteiger partial charge is 0.493 e. The molecule has 0 spiro atoms. The molecule has 0 N–H and O–H groups in total. The van der Waals surface area contributed by atoms with Crippen LogP contribution in [0.1, 0.15) is 53.2 Å². The molecule has 1 amide bonds. The first-order valence-electron chi connectivity index (χ1n) is 15.6. The van der Waals surface area contributed by atoms with Gasteiger partial charge in [-0.15, -0.1) is 0 Å². The summed E-state index contributed by atoms with van der Waals surface area (Å²) in [4.78, 5) is 26.8. The van der Waals surface area contributed by atoms with Crippen LogP contribution in [-0.2, 0) is 14.6 Å². The molecule has 3 aromatic rings. The number of carbonyl (C=O) groups is 1. The second kappa shape index (κ2) is 12.7. The molecule has 1 saturated carbocycles. The summed E-state index contributed by atoms with van der Waals surface area (Å²) in [5.41, 5.74) is 0.947. The number of ether oxygens (including phenoxy) is 1. The Morgan fingerprint density at radius 2 is 1.95 bits per heavy atom. The van der Waals surface area contributed by atoms with E-state index in [1.807, 2.05) is 41.1 Å². The molecule has 3 fully saturated rings. The standard InChI is InChI=1S/C33H41N5O4S.H2/c1-3-36-18-19-37(21-24(36)2)33(39)27-10-7-25(8-11-27)9-12-31-34-16-13-32(35-31)38-17-14-28-29(38)5-4-6-30(28)42-22-26-15-20-43(40,41)23-26;/h4-6,13-14,16-17,24-27H,3,7-8,10-11,15,18-23H2,1-2H3;1H/t24-,25?,26?,27?;/m1./s1. The van der Waals surface area contributed by atoms with Crippen LogP contribution in [0.2, 0.25) is 0 Å². The predicted octanol–water partition coefficient (Wildman–Crippen LogP) is 4.19. The van der Waals surface area contributed by atoms with Crippen LogP contribution in [0.25, 0.3) is 16.7 Å². The van der Waals surface area contributed by atoms with E-state index in [1.165, 1.54) is 0 Å². The van der Waals surface area contributed by atoms with Gasteiger partial charge < -0.3 is 14.2 Å². The lowest BCUT2D eigenvalue weighted by Crippen LogP contribution is -2.54. The van der Waals surface area contributed by atoms with Gasteiger partial charge in [-0.2, -0.15) is 0 Å². The second-order valence-corrected chi connectivity index (χ2v) is 14.5. The molecular formula is C33H43N5O4S. The summed E-state index contributed by atoms with van der Waals surface area (Å²) in [6.45, 7) is 8.46. The summed E-state index contributed by atoms with van der Waals surface area (Å²) in [7, 11) is -2.93. The number of nitrogens with zero attached hydrogens (tertiary/aromatic N) is 5. The maximum Gasteiger partial charge on any atom is 0.225 e. The Morgan fingerprint density at radius 3 is 2.70 bits per heavy atom. The Kier molecular flexibility index (Phi) is 8.73. The van der Waals surface area contributed by atoms with Gasteiger partial charge in [0.25, 0.3) is 0 Å². The van der Waals surface area contributed by atoms with Crippen molar-refractivity contribution in [2.75, 3.05) is 44.3 Å². The number of aromatic nitrogens is 3. The van der Waals surface area contributed by atoms with Gasteiger partial charge in [0.2, 0.25) is 11.7 Å². The van der Waals surface area contributed by atoms with Crippen LogP contribution in [0.4, 0.5) is 0 Å². The maximum atomic E-state index is 13.2. The van der Waals surface area contributed by atoms with Crippen LogP contribution < -0.4 is 4.74 Å². The van der Waals surface area contributed by atoms with E-state index in [2.05, 4.69) is 40.5 Å². The minimum absolute atomic E-state index is 0. The number of amides is 1. The van der Waals surface area contributed by atoms with Gasteiger partial charge in [-0.1, -0.05) is 18.9 Å². The first-order valence-corrected chi connectivity index (χ1v) is 17.4. The summed E-state index contributed by atoms with van der Waals surface area (Å²) in [6, 6.07) is 10.1. The Hall–Kier alpha value is -3.42. The molecule has 1 aromatic carbocycles. The molecule has 4 heterocycles. The fourth-order valence-corrected chi connectivity index (χ4v) is 8.63. The maximum absolute atomic E-state index is 13.2. The molecule has 3 aliphatic rings. The van der Waals surface area contributed by atoms with Crippen molar-refractivity contribution in [3.8, 4) is 23.4 Å². The molecule has 43 heavy (non-hydrogen) atoms. The van der Waals surface area contributed by atoms with E-state index < -0.39 is 9.84 Å². The van der Waals surface area contributed by atoms with E-state index in [4.69, 9.17) is 9.72 Å². The molecule has 2 aromatic heterocycles. The number of rotatable bonds is 6. The summed E-state index contributed by atoms with van der Waals surface area (Å²) in [5, 5.41) is 0.947. The number of fused-ring (bicyclic) bond motifs is 1. The van der Waals surface area contributed by atoms with E-state index in [1.54, 1.807) is 6.20 Å². The SMILES string of the molecule is CCN1CCN(C(=O)C2CCC(C#Cc3nccc(-n4ccc5c(OCC6CCS(=O)(=O)C6)cccc54)n3)CC2)C[C@H]1C.[HH]. The molecule has 1 aliphatic carbocycles. The van der Waals surface area contributed by atoms with Crippen molar-refractivity contribution in [1.29, 1.82) is 0 Å². The number of piperazine rings is 1. The highest BCUT2D eigenvalue weighted by atomic mass is 32.2. The van der Waals surface area contributed by atoms with Gasteiger partial charge in [0, 0.05) is 62.6 Å². The number of likely N-dealkylation sites (N-methyl/N-ethyl adjacent to an activating group) is 1.